The molecule has 1 rings (SSSR count). The van der Waals surface area contributed by atoms with Crippen molar-refractivity contribution >= 4 is 11.9 Å². The highest BCUT2D eigenvalue weighted by molar-refractivity contribution is 5.86. The normalized spacial score (nSPS) is 25.2. The number of nitrogens with zero attached hydrogens (tertiary/aromatic N) is 3. The van der Waals surface area contributed by atoms with Crippen molar-refractivity contribution < 1.29 is 39.2 Å². The Balaban J connectivity index is 2.99. The summed E-state index contributed by atoms with van der Waals surface area (Å²) in [5.41, 5.74) is 8.09. The quantitative estimate of drug-likeness (QED) is 0.138. The Labute approximate surface area is 136 Å². The monoisotopic (exact) mass is 346 g/mol. The van der Waals surface area contributed by atoms with Gasteiger partial charge in [-0.3, -0.25) is 4.79 Å². The van der Waals surface area contributed by atoms with E-state index in [9.17, 15) is 24.9 Å². The number of carbonyl (C=O) groups excluding carboxylic acids is 2. The molecule has 0 unspecified atom stereocenters. The van der Waals surface area contributed by atoms with Gasteiger partial charge in [0.1, 0.15) is 30.2 Å². The molecule has 12 heteroatoms. The molecule has 0 radical (unpaired) electrons. The lowest BCUT2D eigenvalue weighted by atomic mass is 9.94. The fourth-order valence-corrected chi connectivity index (χ4v) is 2.07. The molecule has 1 amide bonds. The van der Waals surface area contributed by atoms with Crippen LogP contribution < -0.4 is 5.32 Å². The second kappa shape index (κ2) is 8.93. The molecule has 24 heavy (non-hydrogen) atoms. The number of hydrogen-bond acceptors (Lipinski definition) is 9. The Kier molecular flexibility index (Phi) is 7.27. The molecule has 1 heterocycles. The summed E-state index contributed by atoms with van der Waals surface area (Å²) in [5.74, 6) is -1.83. The standard InChI is InChI=1S/C12H18N4O8/c1-5(17)14-9-6(18)3-8(12(21)22-2)24-11(9)10(20)7(19)4-23-16-15-13/h3,6-7,9-11,18-20H,4H2,1-2H3,(H,14,17)/t6-,7+,9+,10+,11+/m0/s1. The summed E-state index contributed by atoms with van der Waals surface area (Å²) >= 11 is 0. The van der Waals surface area contributed by atoms with Crippen LogP contribution in [0.25, 0.3) is 10.4 Å². The third-order valence-electron chi connectivity index (χ3n) is 3.13. The summed E-state index contributed by atoms with van der Waals surface area (Å²) in [6.45, 7) is 0.599. The van der Waals surface area contributed by atoms with Crippen molar-refractivity contribution in [2.24, 2.45) is 5.28 Å². The number of aliphatic hydroxyl groups is 3. The predicted octanol–water partition coefficient (Wildman–Crippen LogP) is -1.73. The Bertz CT molecular complexity index is 547. The highest BCUT2D eigenvalue weighted by atomic mass is 16.6. The van der Waals surface area contributed by atoms with Crippen LogP contribution in [0.3, 0.4) is 0 Å². The van der Waals surface area contributed by atoms with Gasteiger partial charge >= 0.3 is 5.97 Å². The average molecular weight is 346 g/mol. The number of esters is 1. The van der Waals surface area contributed by atoms with Gasteiger partial charge < -0.3 is 34.9 Å². The molecule has 5 atom stereocenters. The number of nitrogens with one attached hydrogen (secondary N) is 1. The van der Waals surface area contributed by atoms with E-state index in [0.717, 1.165) is 13.2 Å². The van der Waals surface area contributed by atoms with Crippen molar-refractivity contribution in [1.82, 2.24) is 5.32 Å². The minimum absolute atomic E-state index is 0.390. The number of hydrogen-bond donors (Lipinski definition) is 4. The van der Waals surface area contributed by atoms with Gasteiger partial charge in [0.25, 0.3) is 0 Å². The third-order valence-corrected chi connectivity index (χ3v) is 3.13. The van der Waals surface area contributed by atoms with Crippen molar-refractivity contribution in [1.29, 1.82) is 0 Å². The van der Waals surface area contributed by atoms with Gasteiger partial charge in [0.15, 0.2) is 6.10 Å². The summed E-state index contributed by atoms with van der Waals surface area (Å²) in [6, 6.07) is -1.15. The first kappa shape index (κ1) is 19.5. The lowest BCUT2D eigenvalue weighted by Gasteiger charge is -2.38. The van der Waals surface area contributed by atoms with Gasteiger partial charge in [-0.15, -0.1) is 0 Å². The van der Waals surface area contributed by atoms with Crippen LogP contribution in [0.2, 0.25) is 0 Å². The number of ether oxygens (including phenoxy) is 2. The number of amides is 1. The zero-order valence-corrected chi connectivity index (χ0v) is 12.9. The van der Waals surface area contributed by atoms with E-state index in [4.69, 9.17) is 10.3 Å². The van der Waals surface area contributed by atoms with Crippen LogP contribution in [0.15, 0.2) is 17.1 Å². The minimum Gasteiger partial charge on any atom is -0.478 e. The Morgan fingerprint density at radius 3 is 2.75 bits per heavy atom. The second-order valence-corrected chi connectivity index (χ2v) is 4.85. The first-order valence-corrected chi connectivity index (χ1v) is 6.76. The number of rotatable bonds is 7. The van der Waals surface area contributed by atoms with Crippen LogP contribution in [0, 0.1) is 0 Å². The number of methoxy groups -OCH3 is 1. The summed E-state index contributed by atoms with van der Waals surface area (Å²) in [4.78, 5) is 29.5. The second-order valence-electron chi connectivity index (χ2n) is 4.85. The Hall–Kier alpha value is -2.53. The van der Waals surface area contributed by atoms with Crippen molar-refractivity contribution in [3.63, 3.8) is 0 Å². The maximum absolute atomic E-state index is 11.6. The van der Waals surface area contributed by atoms with Crippen molar-refractivity contribution in [3.8, 4) is 0 Å². The van der Waals surface area contributed by atoms with Gasteiger partial charge in [0.05, 0.1) is 13.2 Å². The van der Waals surface area contributed by atoms with Crippen LogP contribution in [0.4, 0.5) is 0 Å². The van der Waals surface area contributed by atoms with Crippen molar-refractivity contribution in [2.75, 3.05) is 13.7 Å². The lowest BCUT2D eigenvalue weighted by Crippen LogP contribution is -2.59. The number of carbonyl (C=O) groups is 2. The van der Waals surface area contributed by atoms with Crippen molar-refractivity contribution in [2.45, 2.75) is 37.4 Å². The summed E-state index contributed by atoms with van der Waals surface area (Å²) in [5, 5.41) is 35.2. The molecule has 134 valence electrons. The molecule has 0 aromatic carbocycles. The zero-order chi connectivity index (χ0) is 18.3. The van der Waals surface area contributed by atoms with Crippen LogP contribution in [0.5, 0.6) is 0 Å². The molecule has 0 fully saturated rings. The van der Waals surface area contributed by atoms with Crippen LogP contribution in [-0.4, -0.2) is 71.4 Å². The zero-order valence-electron chi connectivity index (χ0n) is 12.9. The first-order chi connectivity index (χ1) is 11.3. The minimum atomic E-state index is -1.70. The van der Waals surface area contributed by atoms with Crippen molar-refractivity contribution in [3.05, 3.63) is 22.3 Å². The maximum atomic E-state index is 11.6. The molecule has 0 saturated carbocycles. The molecular weight excluding hydrogens is 328 g/mol. The SMILES string of the molecule is COC(=O)C1=C[C@H](O)[C@@H](NC(C)=O)[C@H]([C@H](O)[C@H](O)CON=[N+]=[N-])O1. The van der Waals surface area contributed by atoms with E-state index >= 15 is 0 Å². The van der Waals surface area contributed by atoms with Crippen LogP contribution in [-0.2, 0) is 23.9 Å². The largest absolute Gasteiger partial charge is 0.478 e. The molecule has 4 N–H and O–H groups in total. The predicted molar refractivity (Wildman–Crippen MR) is 75.7 cm³/mol. The molecule has 0 saturated heterocycles. The van der Waals surface area contributed by atoms with E-state index in [1.807, 2.05) is 0 Å². The Morgan fingerprint density at radius 2 is 2.21 bits per heavy atom. The molecule has 1 aliphatic heterocycles. The molecule has 0 spiro atoms. The summed E-state index contributed by atoms with van der Waals surface area (Å²) in [6.07, 6.45) is -5.06. The average Bonchev–Trinajstić information content (AvgIpc) is 2.54. The van der Waals surface area contributed by atoms with E-state index in [1.54, 1.807) is 0 Å². The highest BCUT2D eigenvalue weighted by Gasteiger charge is 2.43. The summed E-state index contributed by atoms with van der Waals surface area (Å²) < 4.78 is 9.72. The molecule has 0 bridgehead atoms. The highest BCUT2D eigenvalue weighted by Crippen LogP contribution is 2.23. The molecule has 0 aromatic heterocycles. The molecule has 0 aliphatic carbocycles. The molecule has 0 aromatic rings. The molecule has 1 aliphatic rings. The third kappa shape index (κ3) is 4.99. The van der Waals surface area contributed by atoms with E-state index in [0.29, 0.717) is 0 Å². The lowest BCUT2D eigenvalue weighted by molar-refractivity contribution is -0.153. The van der Waals surface area contributed by atoms with Gasteiger partial charge in [0.2, 0.25) is 11.7 Å². The van der Waals surface area contributed by atoms with Crippen LogP contribution in [0.1, 0.15) is 6.92 Å². The summed E-state index contributed by atoms with van der Waals surface area (Å²) in [7, 11) is 1.09. The topological polar surface area (TPSA) is 183 Å². The van der Waals surface area contributed by atoms with Gasteiger partial charge in [-0.2, -0.15) is 0 Å². The fourth-order valence-electron chi connectivity index (χ4n) is 2.07. The van der Waals surface area contributed by atoms with Gasteiger partial charge in [-0.1, -0.05) is 0 Å². The van der Waals surface area contributed by atoms with Crippen LogP contribution >= 0.6 is 0 Å². The fraction of sp³-hybridized carbons (Fsp3) is 0.667. The molecular formula is C12H18N4O8. The number of aliphatic hydroxyl groups excluding tert-OH is 3. The molecule has 12 nitrogen and oxygen atoms in total. The maximum Gasteiger partial charge on any atom is 0.373 e. The number of azide groups is 1. The van der Waals surface area contributed by atoms with E-state index in [-0.39, 0.29) is 5.76 Å². The van der Waals surface area contributed by atoms with E-state index < -0.39 is 48.9 Å². The smallest absolute Gasteiger partial charge is 0.373 e. The Morgan fingerprint density at radius 1 is 1.54 bits per heavy atom. The van der Waals surface area contributed by atoms with E-state index in [2.05, 4.69) is 25.1 Å². The first-order valence-electron chi connectivity index (χ1n) is 6.76. The van der Waals surface area contributed by atoms with E-state index in [1.165, 1.54) is 6.92 Å². The van der Waals surface area contributed by atoms with Gasteiger partial charge in [0, 0.05) is 11.8 Å². The van der Waals surface area contributed by atoms with Gasteiger partial charge in [-0.25, -0.2) is 4.79 Å². The van der Waals surface area contributed by atoms with Gasteiger partial charge in [-0.05, 0) is 11.6 Å².